The first-order valence-corrected chi connectivity index (χ1v) is 6.18. The fraction of sp³-hybridized carbons (Fsp3) is 0.600. The maximum absolute atomic E-state index is 5.34. The Morgan fingerprint density at radius 2 is 2.25 bits per heavy atom. The molecular weight excluding hydrogens is 321 g/mol. The van der Waals surface area contributed by atoms with Crippen molar-refractivity contribution < 1.29 is 9.47 Å². The van der Waals surface area contributed by atoms with E-state index in [9.17, 15) is 0 Å². The Bertz CT molecular complexity index is 299. The van der Waals surface area contributed by atoms with Gasteiger partial charge in [0.1, 0.15) is 12.1 Å². The number of methoxy groups -OCH3 is 1. The van der Waals surface area contributed by atoms with Crippen molar-refractivity contribution in [1.82, 2.24) is 9.97 Å². The smallest absolute Gasteiger partial charge is 0.142 e. The second-order valence-corrected chi connectivity index (χ2v) is 4.27. The van der Waals surface area contributed by atoms with E-state index < -0.39 is 0 Å². The lowest BCUT2D eigenvalue weighted by Crippen LogP contribution is -2.09. The summed E-state index contributed by atoms with van der Waals surface area (Å²) in [4.78, 5) is 8.06. The van der Waals surface area contributed by atoms with Gasteiger partial charge in [0, 0.05) is 26.5 Å². The lowest BCUT2D eigenvalue weighted by molar-refractivity contribution is 0.0705. The van der Waals surface area contributed by atoms with Gasteiger partial charge in [-0.15, -0.1) is 0 Å². The van der Waals surface area contributed by atoms with E-state index in [1.165, 1.54) is 0 Å². The van der Waals surface area contributed by atoms with E-state index in [-0.39, 0.29) is 0 Å². The molecule has 0 unspecified atom stereocenters. The van der Waals surface area contributed by atoms with Crippen LogP contribution >= 0.6 is 22.6 Å². The number of halogens is 1. The van der Waals surface area contributed by atoms with Gasteiger partial charge < -0.3 is 14.8 Å². The van der Waals surface area contributed by atoms with E-state index >= 15 is 0 Å². The first-order valence-electron chi connectivity index (χ1n) is 5.10. The number of nitrogens with one attached hydrogen (secondary N) is 1. The summed E-state index contributed by atoms with van der Waals surface area (Å²) in [7, 11) is 1.67. The molecule has 0 spiro atoms. The highest BCUT2D eigenvalue weighted by Crippen LogP contribution is 2.11. The van der Waals surface area contributed by atoms with Crippen LogP contribution in [0, 0.1) is 3.57 Å². The van der Waals surface area contributed by atoms with Crippen LogP contribution in [0.5, 0.6) is 0 Å². The minimum atomic E-state index is 0.650. The van der Waals surface area contributed by atoms with Gasteiger partial charge in [0.2, 0.25) is 0 Å². The minimum absolute atomic E-state index is 0.650. The summed E-state index contributed by atoms with van der Waals surface area (Å²) in [5, 5.41) is 3.23. The van der Waals surface area contributed by atoms with Crippen molar-refractivity contribution in [3.8, 4) is 0 Å². The zero-order chi connectivity index (χ0) is 11.6. The molecule has 0 aliphatic carbocycles. The number of rotatable bonds is 8. The van der Waals surface area contributed by atoms with E-state index in [1.807, 2.05) is 0 Å². The molecule has 0 aliphatic rings. The fourth-order valence-corrected chi connectivity index (χ4v) is 1.56. The molecule has 1 aromatic rings. The monoisotopic (exact) mass is 337 g/mol. The molecule has 1 heterocycles. The molecule has 0 saturated carbocycles. The van der Waals surface area contributed by atoms with Crippen molar-refractivity contribution in [2.24, 2.45) is 0 Å². The molecule has 0 fully saturated rings. The molecule has 5 nitrogen and oxygen atoms in total. The highest BCUT2D eigenvalue weighted by molar-refractivity contribution is 14.1. The van der Waals surface area contributed by atoms with Crippen LogP contribution in [0.15, 0.2) is 12.5 Å². The van der Waals surface area contributed by atoms with Gasteiger partial charge in [-0.1, -0.05) is 0 Å². The third-order valence-electron chi connectivity index (χ3n) is 1.86. The molecule has 90 valence electrons. The SMILES string of the molecule is COCCOCCCNc1ncncc1I. The summed E-state index contributed by atoms with van der Waals surface area (Å²) in [6, 6.07) is 0. The molecular formula is C10H16IN3O2. The Morgan fingerprint density at radius 1 is 1.38 bits per heavy atom. The molecule has 0 aromatic carbocycles. The minimum Gasteiger partial charge on any atom is -0.382 e. The molecule has 0 amide bonds. The summed E-state index contributed by atoms with van der Waals surface area (Å²) in [6.45, 7) is 2.89. The van der Waals surface area contributed by atoms with Gasteiger partial charge in [-0.3, -0.25) is 0 Å². The van der Waals surface area contributed by atoms with Gasteiger partial charge in [0.25, 0.3) is 0 Å². The molecule has 0 saturated heterocycles. The Kier molecular flexibility index (Phi) is 7.35. The van der Waals surface area contributed by atoms with Crippen LogP contribution in [0.3, 0.4) is 0 Å². The number of ether oxygens (including phenoxy) is 2. The summed E-state index contributed by atoms with van der Waals surface area (Å²) in [5.41, 5.74) is 0. The Balaban J connectivity index is 2.05. The Morgan fingerprint density at radius 3 is 3.00 bits per heavy atom. The first kappa shape index (κ1) is 13.6. The number of anilines is 1. The van der Waals surface area contributed by atoms with Crippen molar-refractivity contribution in [2.45, 2.75) is 6.42 Å². The van der Waals surface area contributed by atoms with E-state index in [4.69, 9.17) is 9.47 Å². The van der Waals surface area contributed by atoms with E-state index in [1.54, 1.807) is 19.6 Å². The van der Waals surface area contributed by atoms with E-state index in [2.05, 4.69) is 37.9 Å². The molecule has 1 rings (SSSR count). The number of hydrogen-bond donors (Lipinski definition) is 1. The summed E-state index contributed by atoms with van der Waals surface area (Å²) in [5.74, 6) is 0.882. The van der Waals surface area contributed by atoms with Crippen molar-refractivity contribution in [1.29, 1.82) is 0 Å². The number of hydrogen-bond acceptors (Lipinski definition) is 5. The normalized spacial score (nSPS) is 10.4. The van der Waals surface area contributed by atoms with Crippen LogP contribution in [-0.2, 0) is 9.47 Å². The van der Waals surface area contributed by atoms with Crippen molar-refractivity contribution in [2.75, 3.05) is 38.8 Å². The predicted octanol–water partition coefficient (Wildman–Crippen LogP) is 1.55. The Labute approximate surface area is 109 Å². The zero-order valence-electron chi connectivity index (χ0n) is 9.28. The summed E-state index contributed by atoms with van der Waals surface area (Å²) < 4.78 is 11.2. The van der Waals surface area contributed by atoms with E-state index in [0.29, 0.717) is 13.2 Å². The van der Waals surface area contributed by atoms with Crippen LogP contribution < -0.4 is 5.32 Å². The third kappa shape index (κ3) is 5.57. The van der Waals surface area contributed by atoms with Gasteiger partial charge in [-0.2, -0.15) is 0 Å². The molecule has 1 aromatic heterocycles. The molecule has 16 heavy (non-hydrogen) atoms. The summed E-state index contributed by atoms with van der Waals surface area (Å²) in [6.07, 6.45) is 4.27. The van der Waals surface area contributed by atoms with Crippen LogP contribution in [0.4, 0.5) is 5.82 Å². The highest BCUT2D eigenvalue weighted by Gasteiger charge is 1.98. The molecule has 1 N–H and O–H groups in total. The second-order valence-electron chi connectivity index (χ2n) is 3.10. The number of nitrogens with zero attached hydrogens (tertiary/aromatic N) is 2. The molecule has 0 bridgehead atoms. The third-order valence-corrected chi connectivity index (χ3v) is 2.65. The predicted molar refractivity (Wildman–Crippen MR) is 70.6 cm³/mol. The molecule has 0 radical (unpaired) electrons. The van der Waals surface area contributed by atoms with Crippen molar-refractivity contribution >= 4 is 28.4 Å². The van der Waals surface area contributed by atoms with Crippen LogP contribution in [0.1, 0.15) is 6.42 Å². The highest BCUT2D eigenvalue weighted by atomic mass is 127. The number of aromatic nitrogens is 2. The topological polar surface area (TPSA) is 56.3 Å². The first-order chi connectivity index (χ1) is 7.84. The zero-order valence-corrected chi connectivity index (χ0v) is 11.4. The fourth-order valence-electron chi connectivity index (χ4n) is 1.07. The Hall–Kier alpha value is -0.470. The maximum atomic E-state index is 5.34. The van der Waals surface area contributed by atoms with Crippen LogP contribution in [0.2, 0.25) is 0 Å². The molecule has 0 atom stereocenters. The maximum Gasteiger partial charge on any atom is 0.142 e. The van der Waals surface area contributed by atoms with Crippen LogP contribution in [0.25, 0.3) is 0 Å². The average Bonchev–Trinajstić information content (AvgIpc) is 2.30. The van der Waals surface area contributed by atoms with Gasteiger partial charge in [0.15, 0.2) is 0 Å². The van der Waals surface area contributed by atoms with E-state index in [0.717, 1.165) is 29.0 Å². The standard InChI is InChI=1S/C10H16IN3O2/c1-15-5-6-16-4-2-3-13-10-9(11)7-12-8-14-10/h7-8H,2-6H2,1H3,(H,12,13,14). The second kappa shape index (κ2) is 8.66. The van der Waals surface area contributed by atoms with Crippen LogP contribution in [-0.4, -0.2) is 43.4 Å². The molecule has 0 aliphatic heterocycles. The lowest BCUT2D eigenvalue weighted by Gasteiger charge is -2.07. The lowest BCUT2D eigenvalue weighted by atomic mass is 10.4. The largest absolute Gasteiger partial charge is 0.382 e. The van der Waals surface area contributed by atoms with Crippen molar-refractivity contribution in [3.63, 3.8) is 0 Å². The van der Waals surface area contributed by atoms with Gasteiger partial charge in [-0.25, -0.2) is 9.97 Å². The average molecular weight is 337 g/mol. The van der Waals surface area contributed by atoms with Gasteiger partial charge in [0.05, 0.1) is 16.8 Å². The quantitative estimate of drug-likeness (QED) is 0.576. The summed E-state index contributed by atoms with van der Waals surface area (Å²) >= 11 is 2.20. The van der Waals surface area contributed by atoms with Gasteiger partial charge in [-0.05, 0) is 29.0 Å². The van der Waals surface area contributed by atoms with Crippen molar-refractivity contribution in [3.05, 3.63) is 16.1 Å². The molecule has 6 heteroatoms. The van der Waals surface area contributed by atoms with Gasteiger partial charge >= 0.3 is 0 Å².